The van der Waals surface area contributed by atoms with Crippen LogP contribution < -0.4 is 4.74 Å². The van der Waals surface area contributed by atoms with Gasteiger partial charge >= 0.3 is 0 Å². The van der Waals surface area contributed by atoms with Crippen LogP contribution in [0.1, 0.15) is 25.8 Å². The predicted molar refractivity (Wildman–Crippen MR) is 82.4 cm³/mol. The van der Waals surface area contributed by atoms with Crippen LogP contribution in [0.2, 0.25) is 0 Å². The lowest BCUT2D eigenvalue weighted by molar-refractivity contribution is 0.0124. The van der Waals surface area contributed by atoms with Crippen molar-refractivity contribution in [2.75, 3.05) is 33.0 Å². The van der Waals surface area contributed by atoms with E-state index >= 15 is 0 Å². The zero-order chi connectivity index (χ0) is 15.3. The summed E-state index contributed by atoms with van der Waals surface area (Å²) in [5.41, 5.74) is 0.882. The number of hydrogen-bond acceptors (Lipinski definition) is 4. The van der Waals surface area contributed by atoms with E-state index in [1.54, 1.807) is 0 Å². The number of ether oxygens (including phenoxy) is 3. The molecule has 1 N–H and O–H groups in total. The lowest BCUT2D eigenvalue weighted by Gasteiger charge is -2.09. The molecule has 0 bridgehead atoms. The molecule has 0 amide bonds. The van der Waals surface area contributed by atoms with Gasteiger partial charge in [0.25, 0.3) is 0 Å². The van der Waals surface area contributed by atoms with Crippen LogP contribution in [0.5, 0.6) is 5.75 Å². The van der Waals surface area contributed by atoms with E-state index in [1.165, 1.54) is 0 Å². The van der Waals surface area contributed by atoms with Crippen molar-refractivity contribution in [2.45, 2.75) is 26.4 Å². The van der Waals surface area contributed by atoms with Crippen LogP contribution >= 0.6 is 0 Å². The third-order valence-electron chi connectivity index (χ3n) is 2.48. The second-order valence-electron chi connectivity index (χ2n) is 4.68. The highest BCUT2D eigenvalue weighted by atomic mass is 16.5. The largest absolute Gasteiger partial charge is 0.491 e. The van der Waals surface area contributed by atoms with E-state index in [0.29, 0.717) is 32.8 Å². The molecule has 116 valence electrons. The Hall–Kier alpha value is -1.54. The first kappa shape index (κ1) is 17.5. The Labute approximate surface area is 127 Å². The molecule has 0 spiro atoms. The molecule has 21 heavy (non-hydrogen) atoms. The first-order chi connectivity index (χ1) is 10.2. The molecule has 0 atom stereocenters. The SMILES string of the molecule is CC(C)OCCOCCOc1cccc(C#CCCO)c1. The summed E-state index contributed by atoms with van der Waals surface area (Å²) in [7, 11) is 0. The number of rotatable bonds is 9. The van der Waals surface area contributed by atoms with Gasteiger partial charge in [0, 0.05) is 12.0 Å². The molecule has 0 aliphatic rings. The van der Waals surface area contributed by atoms with Crippen molar-refractivity contribution in [3.63, 3.8) is 0 Å². The lowest BCUT2D eigenvalue weighted by atomic mass is 10.2. The molecule has 1 rings (SSSR count). The van der Waals surface area contributed by atoms with Crippen LogP contribution in [0.3, 0.4) is 0 Å². The molecule has 0 fully saturated rings. The second-order valence-corrected chi connectivity index (χ2v) is 4.68. The molecule has 1 aromatic carbocycles. The summed E-state index contributed by atoms with van der Waals surface area (Å²) >= 11 is 0. The molecule has 0 aromatic heterocycles. The van der Waals surface area contributed by atoms with Gasteiger partial charge in [0.1, 0.15) is 12.4 Å². The van der Waals surface area contributed by atoms with Gasteiger partial charge in [0.05, 0.1) is 32.5 Å². The van der Waals surface area contributed by atoms with Crippen molar-refractivity contribution < 1.29 is 19.3 Å². The Kier molecular flexibility index (Phi) is 9.30. The van der Waals surface area contributed by atoms with Crippen LogP contribution in [-0.2, 0) is 9.47 Å². The van der Waals surface area contributed by atoms with Gasteiger partial charge in [-0.25, -0.2) is 0 Å². The highest BCUT2D eigenvalue weighted by molar-refractivity contribution is 5.39. The Morgan fingerprint density at radius 3 is 2.71 bits per heavy atom. The van der Waals surface area contributed by atoms with E-state index in [0.717, 1.165) is 11.3 Å². The van der Waals surface area contributed by atoms with Crippen LogP contribution in [-0.4, -0.2) is 44.2 Å². The van der Waals surface area contributed by atoms with Crippen molar-refractivity contribution >= 4 is 0 Å². The molecule has 4 heteroatoms. The summed E-state index contributed by atoms with van der Waals surface area (Å²) < 4.78 is 16.4. The van der Waals surface area contributed by atoms with E-state index in [1.807, 2.05) is 38.1 Å². The summed E-state index contributed by atoms with van der Waals surface area (Å²) in [5.74, 6) is 6.63. The molecule has 0 aliphatic heterocycles. The van der Waals surface area contributed by atoms with Gasteiger partial charge in [-0.15, -0.1) is 0 Å². The first-order valence-electron chi connectivity index (χ1n) is 7.24. The van der Waals surface area contributed by atoms with Crippen LogP contribution in [0, 0.1) is 11.8 Å². The summed E-state index contributed by atoms with van der Waals surface area (Å²) in [6.07, 6.45) is 0.719. The van der Waals surface area contributed by atoms with Crippen molar-refractivity contribution in [3.8, 4) is 17.6 Å². The fourth-order valence-electron chi connectivity index (χ4n) is 1.55. The zero-order valence-corrected chi connectivity index (χ0v) is 12.8. The Balaban J connectivity index is 2.20. The molecule has 0 unspecified atom stereocenters. The van der Waals surface area contributed by atoms with Crippen LogP contribution in [0.25, 0.3) is 0 Å². The van der Waals surface area contributed by atoms with E-state index in [4.69, 9.17) is 19.3 Å². The van der Waals surface area contributed by atoms with Gasteiger partial charge in [0.15, 0.2) is 0 Å². The minimum absolute atomic E-state index is 0.0844. The van der Waals surface area contributed by atoms with Crippen molar-refractivity contribution in [2.24, 2.45) is 0 Å². The van der Waals surface area contributed by atoms with Gasteiger partial charge in [0.2, 0.25) is 0 Å². The summed E-state index contributed by atoms with van der Waals surface area (Å²) in [5, 5.41) is 8.68. The van der Waals surface area contributed by atoms with Crippen LogP contribution in [0.15, 0.2) is 24.3 Å². The molecular weight excluding hydrogens is 268 g/mol. The fourth-order valence-corrected chi connectivity index (χ4v) is 1.55. The van der Waals surface area contributed by atoms with Crippen molar-refractivity contribution in [1.82, 2.24) is 0 Å². The van der Waals surface area contributed by atoms with E-state index in [-0.39, 0.29) is 12.7 Å². The molecule has 0 radical (unpaired) electrons. The molecule has 0 saturated heterocycles. The molecule has 4 nitrogen and oxygen atoms in total. The third kappa shape index (κ3) is 9.09. The molecule has 0 heterocycles. The lowest BCUT2D eigenvalue weighted by Crippen LogP contribution is -2.13. The van der Waals surface area contributed by atoms with E-state index in [2.05, 4.69) is 11.8 Å². The van der Waals surface area contributed by atoms with Crippen molar-refractivity contribution in [1.29, 1.82) is 0 Å². The van der Waals surface area contributed by atoms with E-state index < -0.39 is 0 Å². The quantitative estimate of drug-likeness (QED) is 0.560. The summed E-state index contributed by atoms with van der Waals surface area (Å²) in [6, 6.07) is 7.58. The minimum Gasteiger partial charge on any atom is -0.491 e. The number of aliphatic hydroxyl groups is 1. The maximum atomic E-state index is 8.68. The maximum Gasteiger partial charge on any atom is 0.120 e. The predicted octanol–water partition coefficient (Wildman–Crippen LogP) is 2.24. The minimum atomic E-state index is 0.0844. The summed E-state index contributed by atoms with van der Waals surface area (Å²) in [4.78, 5) is 0. The van der Waals surface area contributed by atoms with Gasteiger partial charge < -0.3 is 19.3 Å². The molecular formula is C17H24O4. The molecule has 1 aromatic rings. The Morgan fingerprint density at radius 1 is 1.14 bits per heavy atom. The van der Waals surface area contributed by atoms with Gasteiger partial charge in [-0.3, -0.25) is 0 Å². The standard InChI is InChI=1S/C17H24O4/c1-15(2)20-12-10-19-11-13-21-17-8-5-7-16(14-17)6-3-4-9-18/h5,7-8,14-15,18H,4,9-13H2,1-2H3. The normalized spacial score (nSPS) is 10.3. The van der Waals surface area contributed by atoms with Crippen LogP contribution in [0.4, 0.5) is 0 Å². The van der Waals surface area contributed by atoms with E-state index in [9.17, 15) is 0 Å². The number of benzene rings is 1. The zero-order valence-electron chi connectivity index (χ0n) is 12.8. The summed E-state index contributed by atoms with van der Waals surface area (Å²) in [6.45, 7) is 6.29. The van der Waals surface area contributed by atoms with Gasteiger partial charge in [-0.1, -0.05) is 17.9 Å². The van der Waals surface area contributed by atoms with Gasteiger partial charge in [-0.05, 0) is 32.0 Å². The van der Waals surface area contributed by atoms with Gasteiger partial charge in [-0.2, -0.15) is 0 Å². The number of hydrogen-bond donors (Lipinski definition) is 1. The second kappa shape index (κ2) is 11.2. The molecule has 0 aliphatic carbocycles. The first-order valence-corrected chi connectivity index (χ1v) is 7.24. The maximum absolute atomic E-state index is 8.68. The fraction of sp³-hybridized carbons (Fsp3) is 0.529. The third-order valence-corrected chi connectivity index (χ3v) is 2.48. The number of aliphatic hydroxyl groups excluding tert-OH is 1. The Morgan fingerprint density at radius 2 is 1.95 bits per heavy atom. The monoisotopic (exact) mass is 292 g/mol. The molecule has 0 saturated carbocycles. The van der Waals surface area contributed by atoms with Crippen molar-refractivity contribution in [3.05, 3.63) is 29.8 Å². The highest BCUT2D eigenvalue weighted by Crippen LogP contribution is 2.12. The average Bonchev–Trinajstić information content (AvgIpc) is 2.47. The highest BCUT2D eigenvalue weighted by Gasteiger charge is 1.96. The average molecular weight is 292 g/mol. The Bertz CT molecular complexity index is 446. The topological polar surface area (TPSA) is 47.9 Å². The smallest absolute Gasteiger partial charge is 0.120 e.